The number of nitrogen functional groups attached to an aromatic ring is 1. The highest BCUT2D eigenvalue weighted by molar-refractivity contribution is 5.78. The van der Waals surface area contributed by atoms with E-state index < -0.39 is 0 Å². The van der Waals surface area contributed by atoms with Crippen LogP contribution < -0.4 is 5.73 Å². The van der Waals surface area contributed by atoms with Crippen molar-refractivity contribution < 1.29 is 0 Å². The molecule has 2 aromatic heterocycles. The fourth-order valence-electron chi connectivity index (χ4n) is 3.63. The summed E-state index contributed by atoms with van der Waals surface area (Å²) in [5, 5.41) is 4.44. The molecule has 1 aliphatic carbocycles. The number of aryl methyl sites for hydroxylation is 1. The fourth-order valence-corrected chi connectivity index (χ4v) is 3.63. The van der Waals surface area contributed by atoms with Crippen LogP contribution in [0.2, 0.25) is 0 Å². The molecule has 0 unspecified atom stereocenters. The van der Waals surface area contributed by atoms with Crippen LogP contribution in [0, 0.1) is 6.92 Å². The van der Waals surface area contributed by atoms with Crippen LogP contribution in [0.4, 0.5) is 5.82 Å². The van der Waals surface area contributed by atoms with E-state index in [9.17, 15) is 0 Å². The maximum Gasteiger partial charge on any atom is 0.165 e. The molecule has 118 valence electrons. The van der Waals surface area contributed by atoms with Crippen molar-refractivity contribution in [3.05, 3.63) is 47.8 Å². The van der Waals surface area contributed by atoms with E-state index in [0.717, 1.165) is 22.5 Å². The van der Waals surface area contributed by atoms with E-state index >= 15 is 0 Å². The smallest absolute Gasteiger partial charge is 0.165 e. The molecule has 1 saturated carbocycles. The van der Waals surface area contributed by atoms with Gasteiger partial charge in [-0.05, 0) is 25.3 Å². The Morgan fingerprint density at radius 1 is 1.13 bits per heavy atom. The van der Waals surface area contributed by atoms with Crippen LogP contribution in [0.1, 0.15) is 49.3 Å². The van der Waals surface area contributed by atoms with Gasteiger partial charge in [-0.2, -0.15) is 9.61 Å². The van der Waals surface area contributed by atoms with Crippen molar-refractivity contribution in [2.45, 2.75) is 44.9 Å². The Labute approximate surface area is 136 Å². The summed E-state index contributed by atoms with van der Waals surface area (Å²) in [7, 11) is 0. The topological polar surface area (TPSA) is 56.2 Å². The summed E-state index contributed by atoms with van der Waals surface area (Å²) < 4.78 is 1.75. The number of nitrogens with zero attached hydrogens (tertiary/aromatic N) is 3. The van der Waals surface area contributed by atoms with Gasteiger partial charge in [0.05, 0.1) is 6.20 Å². The number of fused-ring (bicyclic) bond motifs is 1. The molecule has 23 heavy (non-hydrogen) atoms. The zero-order chi connectivity index (χ0) is 15.8. The van der Waals surface area contributed by atoms with Gasteiger partial charge in [0, 0.05) is 23.2 Å². The minimum Gasteiger partial charge on any atom is -0.384 e. The molecule has 4 heteroatoms. The Balaban J connectivity index is 1.85. The summed E-state index contributed by atoms with van der Waals surface area (Å²) in [6.45, 7) is 2.10. The molecular formula is C19H22N4. The van der Waals surface area contributed by atoms with Crippen LogP contribution >= 0.6 is 0 Å². The molecule has 0 atom stereocenters. The summed E-state index contributed by atoms with van der Waals surface area (Å²) in [6, 6.07) is 10.5. The van der Waals surface area contributed by atoms with E-state index in [1.807, 2.05) is 12.3 Å². The summed E-state index contributed by atoms with van der Waals surface area (Å²) in [4.78, 5) is 4.95. The number of nitrogens with two attached hydrogens (primary N) is 1. The molecule has 0 spiro atoms. The zero-order valence-corrected chi connectivity index (χ0v) is 13.5. The second kappa shape index (κ2) is 5.69. The molecule has 0 radical (unpaired) electrons. The largest absolute Gasteiger partial charge is 0.384 e. The minimum absolute atomic E-state index is 0.538. The number of anilines is 1. The minimum atomic E-state index is 0.538. The highest BCUT2D eigenvalue weighted by Crippen LogP contribution is 2.34. The molecule has 0 amide bonds. The standard InChI is InChI=1S/C19H22N4/c1-13-6-5-9-15(10-13)16-12-21-23-18(20)11-17(22-19(16)23)14-7-3-2-4-8-14/h5-6,9-12,14H,2-4,7-8,20H2,1H3. The van der Waals surface area contributed by atoms with E-state index in [4.69, 9.17) is 10.7 Å². The molecule has 1 aromatic carbocycles. The maximum absolute atomic E-state index is 6.25. The normalized spacial score (nSPS) is 16.0. The van der Waals surface area contributed by atoms with Crippen LogP contribution in [0.3, 0.4) is 0 Å². The van der Waals surface area contributed by atoms with Crippen molar-refractivity contribution in [2.24, 2.45) is 0 Å². The van der Waals surface area contributed by atoms with E-state index in [1.54, 1.807) is 4.52 Å². The van der Waals surface area contributed by atoms with Crippen molar-refractivity contribution in [1.29, 1.82) is 0 Å². The van der Waals surface area contributed by atoms with Crippen molar-refractivity contribution in [3.63, 3.8) is 0 Å². The van der Waals surface area contributed by atoms with Gasteiger partial charge in [0.25, 0.3) is 0 Å². The van der Waals surface area contributed by atoms with Gasteiger partial charge in [-0.1, -0.05) is 49.1 Å². The van der Waals surface area contributed by atoms with E-state index in [0.29, 0.717) is 11.7 Å². The highest BCUT2D eigenvalue weighted by Gasteiger charge is 2.20. The predicted molar refractivity (Wildman–Crippen MR) is 93.4 cm³/mol. The Hall–Kier alpha value is -2.36. The predicted octanol–water partition coefficient (Wildman–Crippen LogP) is 4.33. The molecular weight excluding hydrogens is 284 g/mol. The first-order chi connectivity index (χ1) is 11.2. The van der Waals surface area contributed by atoms with Gasteiger partial charge in [-0.3, -0.25) is 0 Å². The average molecular weight is 306 g/mol. The molecule has 1 fully saturated rings. The number of hydrogen-bond acceptors (Lipinski definition) is 3. The van der Waals surface area contributed by atoms with Crippen molar-refractivity contribution in [2.75, 3.05) is 5.73 Å². The van der Waals surface area contributed by atoms with Gasteiger partial charge < -0.3 is 5.73 Å². The lowest BCUT2D eigenvalue weighted by Crippen LogP contribution is -2.10. The van der Waals surface area contributed by atoms with Gasteiger partial charge in [-0.25, -0.2) is 4.98 Å². The third kappa shape index (κ3) is 2.58. The van der Waals surface area contributed by atoms with Gasteiger partial charge in [0.15, 0.2) is 5.65 Å². The second-order valence-electron chi connectivity index (χ2n) is 6.60. The van der Waals surface area contributed by atoms with Gasteiger partial charge in [0.2, 0.25) is 0 Å². The lowest BCUT2D eigenvalue weighted by molar-refractivity contribution is 0.437. The third-order valence-electron chi connectivity index (χ3n) is 4.87. The van der Waals surface area contributed by atoms with Gasteiger partial charge >= 0.3 is 0 Å². The van der Waals surface area contributed by atoms with Crippen LogP contribution in [0.5, 0.6) is 0 Å². The van der Waals surface area contributed by atoms with Crippen molar-refractivity contribution in [3.8, 4) is 11.1 Å². The lowest BCUT2D eigenvalue weighted by Gasteiger charge is -2.21. The summed E-state index contributed by atoms with van der Waals surface area (Å²) in [5.74, 6) is 1.21. The molecule has 0 saturated heterocycles. The van der Waals surface area contributed by atoms with E-state index in [1.165, 1.54) is 37.7 Å². The Morgan fingerprint density at radius 2 is 1.96 bits per heavy atom. The summed E-state index contributed by atoms with van der Waals surface area (Å²) in [5.41, 5.74) is 11.7. The fraction of sp³-hybridized carbons (Fsp3) is 0.368. The molecule has 4 nitrogen and oxygen atoms in total. The van der Waals surface area contributed by atoms with Crippen LogP contribution in [0.25, 0.3) is 16.8 Å². The number of rotatable bonds is 2. The van der Waals surface area contributed by atoms with E-state index in [2.05, 4.69) is 36.3 Å². The average Bonchev–Trinajstić information content (AvgIpc) is 3.00. The number of aromatic nitrogens is 3. The monoisotopic (exact) mass is 306 g/mol. The molecule has 2 heterocycles. The van der Waals surface area contributed by atoms with Crippen molar-refractivity contribution in [1.82, 2.24) is 14.6 Å². The second-order valence-corrected chi connectivity index (χ2v) is 6.60. The van der Waals surface area contributed by atoms with Crippen LogP contribution in [-0.2, 0) is 0 Å². The summed E-state index contributed by atoms with van der Waals surface area (Å²) in [6.07, 6.45) is 8.24. The van der Waals surface area contributed by atoms with E-state index in [-0.39, 0.29) is 0 Å². The van der Waals surface area contributed by atoms with Crippen molar-refractivity contribution >= 4 is 11.5 Å². The van der Waals surface area contributed by atoms with Gasteiger partial charge in [0.1, 0.15) is 5.82 Å². The molecule has 0 bridgehead atoms. The third-order valence-corrected chi connectivity index (χ3v) is 4.87. The van der Waals surface area contributed by atoms with Crippen LogP contribution in [0.15, 0.2) is 36.5 Å². The first kappa shape index (κ1) is 14.2. The number of benzene rings is 1. The van der Waals surface area contributed by atoms with Gasteiger partial charge in [-0.15, -0.1) is 0 Å². The SMILES string of the molecule is Cc1cccc(-c2cnn3c(N)cc(C4CCCCC4)nc23)c1. The molecule has 3 aromatic rings. The first-order valence-corrected chi connectivity index (χ1v) is 8.43. The summed E-state index contributed by atoms with van der Waals surface area (Å²) >= 11 is 0. The van der Waals surface area contributed by atoms with Crippen LogP contribution in [-0.4, -0.2) is 14.6 Å². The first-order valence-electron chi connectivity index (χ1n) is 8.43. The molecule has 1 aliphatic rings. The Morgan fingerprint density at radius 3 is 2.74 bits per heavy atom. The Kier molecular flexibility index (Phi) is 3.52. The number of hydrogen-bond donors (Lipinski definition) is 1. The quantitative estimate of drug-likeness (QED) is 0.766. The molecule has 0 aliphatic heterocycles. The molecule has 2 N–H and O–H groups in total. The highest BCUT2D eigenvalue weighted by atomic mass is 15.3. The lowest BCUT2D eigenvalue weighted by atomic mass is 9.87. The maximum atomic E-state index is 6.25. The Bertz CT molecular complexity index is 844. The zero-order valence-electron chi connectivity index (χ0n) is 13.5. The molecule has 4 rings (SSSR count).